The van der Waals surface area contributed by atoms with E-state index in [1.807, 2.05) is 51.3 Å². The van der Waals surface area contributed by atoms with Gasteiger partial charge in [-0.05, 0) is 109 Å². The third-order valence-corrected chi connectivity index (χ3v) is 18.8. The number of imidazole rings is 1. The molecular formula is C71H102N14O13S3. The Balaban J connectivity index is 1.38. The first kappa shape index (κ1) is 83.2. The van der Waals surface area contributed by atoms with Gasteiger partial charge < -0.3 is 79.1 Å². The van der Waals surface area contributed by atoms with Gasteiger partial charge in [0.05, 0.1) is 19.0 Å². The molecule has 0 unspecified atom stereocenters. The number of nitrogens with one attached hydrogen (secondary N) is 12. The molecule has 12 atom stereocenters. The Bertz CT molecular complexity index is 3480. The Hall–Kier alpha value is -8.45. The van der Waals surface area contributed by atoms with Crippen molar-refractivity contribution in [1.29, 1.82) is 0 Å². The molecule has 0 aliphatic rings. The number of aliphatic carboxylic acids is 1. The summed E-state index contributed by atoms with van der Waals surface area (Å²) in [5.41, 5.74) is 9.37. The maximum atomic E-state index is 15.0. The molecule has 0 saturated carbocycles. The van der Waals surface area contributed by atoms with Crippen LogP contribution < -0.4 is 58.9 Å². The van der Waals surface area contributed by atoms with Gasteiger partial charge in [0.25, 0.3) is 0 Å². The summed E-state index contributed by atoms with van der Waals surface area (Å²) in [7, 11) is 0. The number of aromatic amines is 2. The molecule has 5 rings (SSSR count). The molecule has 0 spiro atoms. The zero-order chi connectivity index (χ0) is 74.1. The first-order valence-corrected chi connectivity index (χ1v) is 38.2. The number of aliphatic hydroxyl groups excluding tert-OH is 1. The molecule has 3 aromatic carbocycles. The Morgan fingerprint density at radius 3 is 1.35 bits per heavy atom. The highest BCUT2D eigenvalue weighted by Crippen LogP contribution is 2.21. The van der Waals surface area contributed by atoms with Gasteiger partial charge in [-0.2, -0.15) is 35.3 Å². The third-order valence-electron chi connectivity index (χ3n) is 16.9. The molecule has 10 amide bonds. The minimum absolute atomic E-state index is 0.000641. The van der Waals surface area contributed by atoms with E-state index in [2.05, 4.69) is 68.1 Å². The van der Waals surface area contributed by atoms with E-state index in [9.17, 15) is 63.0 Å². The number of nitrogens with two attached hydrogens (primary N) is 1. The third kappa shape index (κ3) is 27.8. The van der Waals surface area contributed by atoms with Crippen molar-refractivity contribution in [3.8, 4) is 0 Å². The summed E-state index contributed by atoms with van der Waals surface area (Å²) < 4.78 is 0. The smallest absolute Gasteiger partial charge is 0.326 e. The number of fused-ring (bicyclic) bond motifs is 1. The fraction of sp³-hybridized carbons (Fsp3) is 0.521. The topological polar surface area (TPSA) is 419 Å². The zero-order valence-electron chi connectivity index (χ0n) is 58.9. The normalized spacial score (nSPS) is 14.9. The lowest BCUT2D eigenvalue weighted by Crippen LogP contribution is -2.62. The van der Waals surface area contributed by atoms with Crippen molar-refractivity contribution in [2.45, 2.75) is 172 Å². The van der Waals surface area contributed by atoms with E-state index in [-0.39, 0.29) is 63.2 Å². The van der Waals surface area contributed by atoms with Crippen molar-refractivity contribution in [3.63, 3.8) is 0 Å². The number of nitrogens with zero attached hydrogens (tertiary/aromatic N) is 1. The molecule has 0 aliphatic carbocycles. The standard InChI is InChI=1S/C71H102N14O13S3/c1-10-43(6)60(85-61(87)49(72)25-28-99-7)70(96)82-56(35-46-37-74-50-24-18-17-23-48(46)50)67(93)81-57(36-47-38-73-40-75-47)68(94)77-51(26-29-100-8)62(88)80-55(33-44-19-13-11-14-20-44)66(92)76-52(27-30-101-9)63(89)84-59(39-86)69(95)79-53(31-41(2)3)64(90)78-54(32-42(4)5)65(91)83-58(71(97)98)34-45-21-15-12-16-22-45/h11-24,37-38,40-43,49,51-60,74,86H,10,25-36,39,72H2,1-9H3,(H,73,75)(H,76,92)(H,77,94)(H,78,90)(H,79,95)(H,80,88)(H,81,93)(H,82,96)(H,83,91)(H,84,89)(H,85,87)(H,97,98)/t43-,49-,51-,52-,53-,54-,55-,56-,57-,58-,59-,60-/m0/s1. The van der Waals surface area contributed by atoms with Gasteiger partial charge in [-0.15, -0.1) is 0 Å². The number of rotatable bonds is 45. The number of hydrogen-bond donors (Lipinski definition) is 15. The van der Waals surface area contributed by atoms with Crippen LogP contribution in [0.15, 0.2) is 104 Å². The van der Waals surface area contributed by atoms with Crippen LogP contribution in [0.4, 0.5) is 0 Å². The molecule has 0 bridgehead atoms. The molecule has 101 heavy (non-hydrogen) atoms. The highest BCUT2D eigenvalue weighted by molar-refractivity contribution is 7.99. The molecule has 0 aliphatic heterocycles. The number of carboxylic acid groups (broad SMARTS) is 1. The van der Waals surface area contributed by atoms with Crippen molar-refractivity contribution in [2.24, 2.45) is 23.5 Å². The highest BCUT2D eigenvalue weighted by Gasteiger charge is 2.38. The zero-order valence-corrected chi connectivity index (χ0v) is 61.4. The average Bonchev–Trinajstić information content (AvgIpc) is 1.74. The van der Waals surface area contributed by atoms with Gasteiger partial charge in [0, 0.05) is 54.7 Å². The molecular weight excluding hydrogens is 1350 g/mol. The second-order valence-corrected chi connectivity index (χ2v) is 28.8. The van der Waals surface area contributed by atoms with Crippen molar-refractivity contribution in [2.75, 3.05) is 42.6 Å². The Kier molecular flexibility index (Phi) is 35.7. The number of carbonyl (C=O) groups excluding carboxylic acids is 10. The number of carboxylic acids is 1. The Labute approximate surface area is 603 Å². The summed E-state index contributed by atoms with van der Waals surface area (Å²) in [5, 5.41) is 48.8. The molecule has 5 aromatic rings. The van der Waals surface area contributed by atoms with Crippen molar-refractivity contribution < 1.29 is 63.0 Å². The van der Waals surface area contributed by atoms with Gasteiger partial charge in [-0.1, -0.05) is 127 Å². The molecule has 0 fully saturated rings. The van der Waals surface area contributed by atoms with Crippen molar-refractivity contribution in [1.82, 2.24) is 68.1 Å². The maximum Gasteiger partial charge on any atom is 0.326 e. The fourth-order valence-corrected chi connectivity index (χ4v) is 12.5. The van der Waals surface area contributed by atoms with E-state index in [0.717, 1.165) is 10.9 Å². The predicted molar refractivity (Wildman–Crippen MR) is 394 cm³/mol. The second-order valence-electron chi connectivity index (χ2n) is 25.9. The van der Waals surface area contributed by atoms with E-state index >= 15 is 0 Å². The first-order chi connectivity index (χ1) is 48.3. The van der Waals surface area contributed by atoms with E-state index in [0.29, 0.717) is 52.5 Å². The average molecular weight is 1460 g/mol. The lowest BCUT2D eigenvalue weighted by atomic mass is 9.96. The summed E-state index contributed by atoms with van der Waals surface area (Å²) in [4.78, 5) is 167. The molecule has 30 heteroatoms. The maximum absolute atomic E-state index is 15.0. The Morgan fingerprint density at radius 1 is 0.465 bits per heavy atom. The number of para-hydroxylation sites is 1. The number of aromatic nitrogens is 3. The minimum atomic E-state index is -1.67. The molecule has 16 N–H and O–H groups in total. The molecule has 0 saturated heterocycles. The quantitative estimate of drug-likeness (QED) is 0.0266. The molecule has 0 radical (unpaired) electrons. The van der Waals surface area contributed by atoms with Crippen LogP contribution in [0, 0.1) is 17.8 Å². The van der Waals surface area contributed by atoms with Gasteiger partial charge in [0.2, 0.25) is 59.1 Å². The monoisotopic (exact) mass is 1450 g/mol. The van der Waals surface area contributed by atoms with E-state index < -0.39 is 144 Å². The number of aliphatic hydroxyl groups is 1. The van der Waals surface area contributed by atoms with Crippen molar-refractivity contribution in [3.05, 3.63) is 126 Å². The van der Waals surface area contributed by atoms with Gasteiger partial charge in [0.1, 0.15) is 60.4 Å². The van der Waals surface area contributed by atoms with E-state index in [4.69, 9.17) is 5.73 Å². The van der Waals surface area contributed by atoms with Gasteiger partial charge in [-0.25, -0.2) is 9.78 Å². The number of H-pyrrole nitrogens is 2. The first-order valence-electron chi connectivity index (χ1n) is 34.0. The van der Waals surface area contributed by atoms with E-state index in [1.165, 1.54) is 47.8 Å². The lowest BCUT2D eigenvalue weighted by Gasteiger charge is -2.29. The fourth-order valence-electron chi connectivity index (χ4n) is 11.1. The van der Waals surface area contributed by atoms with E-state index in [1.54, 1.807) is 100 Å². The van der Waals surface area contributed by atoms with Crippen LogP contribution in [0.1, 0.15) is 102 Å². The predicted octanol–water partition coefficient (Wildman–Crippen LogP) is 2.81. The number of amides is 10. The molecule has 552 valence electrons. The Morgan fingerprint density at radius 2 is 0.871 bits per heavy atom. The molecule has 27 nitrogen and oxygen atoms in total. The summed E-state index contributed by atoms with van der Waals surface area (Å²) in [6.07, 6.45) is 10.7. The molecule has 2 aromatic heterocycles. The van der Waals surface area contributed by atoms with Crippen LogP contribution in [0.2, 0.25) is 0 Å². The van der Waals surface area contributed by atoms with Crippen LogP contribution in [0.25, 0.3) is 10.9 Å². The number of benzene rings is 3. The largest absolute Gasteiger partial charge is 0.480 e. The van der Waals surface area contributed by atoms with Crippen LogP contribution in [-0.4, -0.2) is 199 Å². The van der Waals surface area contributed by atoms with Crippen molar-refractivity contribution >= 4 is 111 Å². The van der Waals surface area contributed by atoms with Crippen LogP contribution in [-0.2, 0) is 78.4 Å². The summed E-state index contributed by atoms with van der Waals surface area (Å²) >= 11 is 4.26. The number of hydrogen-bond acceptors (Lipinski definition) is 17. The second kappa shape index (κ2) is 43.4. The SMILES string of the molecule is CC[C@H](C)[C@H](NC(=O)[C@@H](N)CCSC)C(=O)N[C@@H](Cc1c[nH]c2ccccc12)C(=O)N[C@@H](Cc1cnc[nH]1)C(=O)N[C@@H](CCSC)C(=O)N[C@@H](Cc1ccccc1)C(=O)N[C@@H](CCSC)C(=O)N[C@@H](CO)C(=O)N[C@@H](CC(C)C)C(=O)N[C@@H](CC(C)C)C(=O)N[C@@H](Cc1ccccc1)C(=O)O. The van der Waals surface area contributed by atoms with Crippen LogP contribution in [0.3, 0.4) is 0 Å². The summed E-state index contributed by atoms with van der Waals surface area (Å²) in [6.45, 7) is 9.93. The lowest BCUT2D eigenvalue weighted by molar-refractivity contribution is -0.142. The van der Waals surface area contributed by atoms with Crippen LogP contribution in [0.5, 0.6) is 0 Å². The van der Waals surface area contributed by atoms with Gasteiger partial charge in [-0.3, -0.25) is 47.9 Å². The minimum Gasteiger partial charge on any atom is -0.480 e. The van der Waals surface area contributed by atoms with Gasteiger partial charge >= 0.3 is 5.97 Å². The summed E-state index contributed by atoms with van der Waals surface area (Å²) in [6, 6.07) is 10.4. The van der Waals surface area contributed by atoms with Crippen LogP contribution >= 0.6 is 35.3 Å². The molecule has 2 heterocycles. The van der Waals surface area contributed by atoms with Gasteiger partial charge in [0.15, 0.2) is 0 Å². The number of carbonyl (C=O) groups is 11. The summed E-state index contributed by atoms with van der Waals surface area (Å²) in [5.74, 6) is -8.56. The highest BCUT2D eigenvalue weighted by atomic mass is 32.2. The number of thioether (sulfide) groups is 3.